The highest BCUT2D eigenvalue weighted by molar-refractivity contribution is 7.99. The molecule has 0 bridgehead atoms. The van der Waals surface area contributed by atoms with Crippen molar-refractivity contribution in [2.75, 3.05) is 5.84 Å². The number of hydrogen-bond donors (Lipinski definition) is 2. The van der Waals surface area contributed by atoms with Crippen LogP contribution in [-0.4, -0.2) is 30.9 Å². The van der Waals surface area contributed by atoms with E-state index in [0.29, 0.717) is 15.9 Å². The number of nitrogen functional groups attached to an aromatic ring is 1. The fraction of sp³-hybridized carbons (Fsp3) is 0.100. The van der Waals surface area contributed by atoms with Gasteiger partial charge in [0.15, 0.2) is 0 Å². The van der Waals surface area contributed by atoms with E-state index in [0.717, 1.165) is 17.8 Å². The summed E-state index contributed by atoms with van der Waals surface area (Å²) >= 11 is 0.971. The minimum Gasteiger partial charge on any atom is -0.478 e. The molecule has 0 atom stereocenters. The highest BCUT2D eigenvalue weighted by atomic mass is 32.2. The molecule has 0 aliphatic heterocycles. The van der Waals surface area contributed by atoms with Gasteiger partial charge in [0.2, 0.25) is 5.16 Å². The van der Waals surface area contributed by atoms with Gasteiger partial charge in [0, 0.05) is 17.0 Å². The van der Waals surface area contributed by atoms with Gasteiger partial charge in [-0.25, -0.2) is 9.47 Å². The zero-order chi connectivity index (χ0) is 14.9. The van der Waals surface area contributed by atoms with Crippen molar-refractivity contribution in [2.45, 2.75) is 17.0 Å². The monoisotopic (exact) mass is 295 g/mol. The van der Waals surface area contributed by atoms with Gasteiger partial charge in [-0.1, -0.05) is 0 Å². The van der Waals surface area contributed by atoms with Gasteiger partial charge in [-0.15, -0.1) is 10.2 Å². The van der Waals surface area contributed by atoms with Gasteiger partial charge in [0.1, 0.15) is 5.82 Å². The Morgan fingerprint density at radius 1 is 1.50 bits per heavy atom. The first kappa shape index (κ1) is 13.8. The summed E-state index contributed by atoms with van der Waals surface area (Å²) < 4.78 is 1.21. The molecule has 20 heavy (non-hydrogen) atoms. The molecule has 0 saturated heterocycles. The van der Waals surface area contributed by atoms with Crippen LogP contribution < -0.4 is 5.84 Å². The molecule has 3 N–H and O–H groups in total. The van der Waals surface area contributed by atoms with Crippen LogP contribution in [-0.2, 0) is 0 Å². The molecule has 2 rings (SSSR count). The number of aromatic nitrogens is 3. The molecular weight excluding hydrogens is 286 g/mol. The summed E-state index contributed by atoms with van der Waals surface area (Å²) in [6.45, 7) is 1.64. The van der Waals surface area contributed by atoms with Crippen LogP contribution in [0.25, 0.3) is 0 Å². The molecule has 104 valence electrons. The Morgan fingerprint density at radius 3 is 2.70 bits per heavy atom. The van der Waals surface area contributed by atoms with Crippen molar-refractivity contribution in [1.29, 1.82) is 0 Å². The van der Waals surface area contributed by atoms with Crippen molar-refractivity contribution < 1.29 is 14.8 Å². The first-order chi connectivity index (χ1) is 9.40. The van der Waals surface area contributed by atoms with Crippen LogP contribution in [0.4, 0.5) is 5.69 Å². The standard InChI is InChI=1S/C10H9N5O4S/c1-5-12-13-10(14(5)11)20-8-3-2-6(15(18)19)4-7(8)9(16)17/h2-4H,11H2,1H3,(H,16,17). The number of non-ortho nitro benzene ring substituents is 1. The van der Waals surface area contributed by atoms with Gasteiger partial charge < -0.3 is 10.9 Å². The quantitative estimate of drug-likeness (QED) is 0.485. The summed E-state index contributed by atoms with van der Waals surface area (Å²) in [5, 5.41) is 27.6. The fourth-order valence-corrected chi connectivity index (χ4v) is 2.31. The average Bonchev–Trinajstić information content (AvgIpc) is 2.70. The van der Waals surface area contributed by atoms with Crippen molar-refractivity contribution in [3.8, 4) is 0 Å². The van der Waals surface area contributed by atoms with Gasteiger partial charge in [0.25, 0.3) is 5.69 Å². The molecule has 0 saturated carbocycles. The van der Waals surface area contributed by atoms with E-state index in [2.05, 4.69) is 10.2 Å². The van der Waals surface area contributed by atoms with Crippen molar-refractivity contribution >= 4 is 23.4 Å². The Morgan fingerprint density at radius 2 is 2.20 bits per heavy atom. The number of nitro groups is 1. The van der Waals surface area contributed by atoms with Crippen LogP contribution in [0.1, 0.15) is 16.2 Å². The lowest BCUT2D eigenvalue weighted by molar-refractivity contribution is -0.384. The number of rotatable bonds is 4. The normalized spacial score (nSPS) is 10.4. The van der Waals surface area contributed by atoms with Gasteiger partial charge >= 0.3 is 5.97 Å². The molecule has 0 amide bonds. The smallest absolute Gasteiger partial charge is 0.337 e. The summed E-state index contributed by atoms with van der Waals surface area (Å²) in [6, 6.07) is 3.56. The topological polar surface area (TPSA) is 137 Å². The van der Waals surface area contributed by atoms with Crippen LogP contribution in [0.2, 0.25) is 0 Å². The summed E-state index contributed by atoms with van der Waals surface area (Å²) in [7, 11) is 0. The van der Waals surface area contributed by atoms with E-state index in [1.807, 2.05) is 0 Å². The van der Waals surface area contributed by atoms with Crippen molar-refractivity contribution in [3.63, 3.8) is 0 Å². The Hall–Kier alpha value is -2.62. The lowest BCUT2D eigenvalue weighted by Crippen LogP contribution is -2.11. The molecule has 1 aromatic carbocycles. The number of carboxylic acid groups (broad SMARTS) is 1. The zero-order valence-electron chi connectivity index (χ0n) is 10.2. The van der Waals surface area contributed by atoms with Crippen molar-refractivity contribution in [3.05, 3.63) is 39.7 Å². The Kier molecular flexibility index (Phi) is 3.57. The minimum absolute atomic E-state index is 0.190. The highest BCUT2D eigenvalue weighted by Gasteiger charge is 2.18. The van der Waals surface area contributed by atoms with Gasteiger partial charge in [-0.3, -0.25) is 10.1 Å². The van der Waals surface area contributed by atoms with E-state index in [-0.39, 0.29) is 11.3 Å². The maximum Gasteiger partial charge on any atom is 0.337 e. The van der Waals surface area contributed by atoms with E-state index in [1.165, 1.54) is 16.8 Å². The van der Waals surface area contributed by atoms with Gasteiger partial charge in [-0.2, -0.15) is 0 Å². The molecule has 1 aromatic heterocycles. The third kappa shape index (κ3) is 2.54. The number of benzene rings is 1. The Balaban J connectivity index is 2.43. The van der Waals surface area contributed by atoms with Gasteiger partial charge in [-0.05, 0) is 24.8 Å². The van der Waals surface area contributed by atoms with E-state index < -0.39 is 10.9 Å². The molecule has 0 unspecified atom stereocenters. The lowest BCUT2D eigenvalue weighted by Gasteiger charge is -2.05. The predicted octanol–water partition coefficient (Wildman–Crippen LogP) is 1.06. The van der Waals surface area contributed by atoms with Crippen LogP contribution >= 0.6 is 11.8 Å². The number of nitrogens with two attached hydrogens (primary N) is 1. The lowest BCUT2D eigenvalue weighted by atomic mass is 10.2. The number of carboxylic acids is 1. The van der Waals surface area contributed by atoms with Crippen LogP contribution in [0.3, 0.4) is 0 Å². The largest absolute Gasteiger partial charge is 0.478 e. The predicted molar refractivity (Wildman–Crippen MR) is 69.1 cm³/mol. The maximum atomic E-state index is 11.2. The second-order valence-electron chi connectivity index (χ2n) is 3.74. The molecule has 9 nitrogen and oxygen atoms in total. The molecule has 0 fully saturated rings. The molecule has 10 heteroatoms. The second kappa shape index (κ2) is 5.17. The Labute approximate surface area is 116 Å². The summed E-state index contributed by atoms with van der Waals surface area (Å²) in [6.07, 6.45) is 0. The average molecular weight is 295 g/mol. The Bertz CT molecular complexity index is 699. The van der Waals surface area contributed by atoms with E-state index >= 15 is 0 Å². The zero-order valence-corrected chi connectivity index (χ0v) is 11.0. The number of hydrogen-bond acceptors (Lipinski definition) is 7. The van der Waals surface area contributed by atoms with Gasteiger partial charge in [0.05, 0.1) is 10.5 Å². The SMILES string of the molecule is Cc1nnc(Sc2ccc([N+](=O)[O-])cc2C(=O)O)n1N. The van der Waals surface area contributed by atoms with Crippen molar-refractivity contribution in [2.24, 2.45) is 0 Å². The molecule has 1 heterocycles. The molecular formula is C10H9N5O4S. The molecule has 0 radical (unpaired) electrons. The number of nitro benzene ring substituents is 1. The number of nitrogens with zero attached hydrogens (tertiary/aromatic N) is 4. The fourth-order valence-electron chi connectivity index (χ4n) is 1.41. The van der Waals surface area contributed by atoms with E-state index in [4.69, 9.17) is 10.9 Å². The number of aryl methyl sites for hydroxylation is 1. The number of aromatic carboxylic acids is 1. The van der Waals surface area contributed by atoms with Crippen LogP contribution in [0.15, 0.2) is 28.3 Å². The molecule has 0 aliphatic rings. The van der Waals surface area contributed by atoms with E-state index in [9.17, 15) is 14.9 Å². The van der Waals surface area contributed by atoms with E-state index in [1.54, 1.807) is 6.92 Å². The summed E-state index contributed by atoms with van der Waals surface area (Å²) in [5.74, 6) is 4.87. The maximum absolute atomic E-state index is 11.2. The first-order valence-corrected chi connectivity index (χ1v) is 6.08. The molecule has 0 spiro atoms. The third-order valence-electron chi connectivity index (χ3n) is 2.44. The first-order valence-electron chi connectivity index (χ1n) is 5.27. The summed E-state index contributed by atoms with van der Waals surface area (Å²) in [4.78, 5) is 21.5. The number of carbonyl (C=O) groups is 1. The van der Waals surface area contributed by atoms with Crippen molar-refractivity contribution in [1.82, 2.24) is 14.9 Å². The summed E-state index contributed by atoms with van der Waals surface area (Å²) in [5.41, 5.74) is -0.484. The van der Waals surface area contributed by atoms with Crippen LogP contribution in [0.5, 0.6) is 0 Å². The van der Waals surface area contributed by atoms with Crippen LogP contribution in [0, 0.1) is 17.0 Å². The third-order valence-corrected chi connectivity index (χ3v) is 3.48. The minimum atomic E-state index is -1.27. The highest BCUT2D eigenvalue weighted by Crippen LogP contribution is 2.31. The second-order valence-corrected chi connectivity index (χ2v) is 4.75. The molecule has 2 aromatic rings. The molecule has 0 aliphatic carbocycles.